The van der Waals surface area contributed by atoms with Crippen LogP contribution in [0.1, 0.15) is 21.6 Å². The lowest BCUT2D eigenvalue weighted by molar-refractivity contribution is 0.0784. The quantitative estimate of drug-likeness (QED) is 0.856. The Kier molecular flexibility index (Phi) is 3.80. The lowest BCUT2D eigenvalue weighted by atomic mass is 10.1. The van der Waals surface area contributed by atoms with Gasteiger partial charge in [0, 0.05) is 31.2 Å². The maximum Gasteiger partial charge on any atom is 0.255 e. The molecule has 0 radical (unpaired) electrons. The third-order valence-electron chi connectivity index (χ3n) is 3.05. The van der Waals surface area contributed by atoms with Crippen molar-refractivity contribution in [2.45, 2.75) is 13.5 Å². The Morgan fingerprint density at radius 3 is 2.68 bits per heavy atom. The summed E-state index contributed by atoms with van der Waals surface area (Å²) >= 11 is 0. The van der Waals surface area contributed by atoms with E-state index >= 15 is 0 Å². The first-order chi connectivity index (χ1) is 9.09. The molecular weight excluding hydrogens is 238 g/mol. The minimum absolute atomic E-state index is 0.0474. The molecule has 98 valence electrons. The standard InChI is InChI=1S/C15H17N3O/c1-11-13(7-5-9-17-11)15(19)18(2)10-12-6-3-4-8-14(12)16/h3-9H,10,16H2,1-2H3. The number of carbonyl (C=O) groups excluding carboxylic acids is 1. The molecule has 0 aliphatic heterocycles. The van der Waals surface area contributed by atoms with E-state index in [4.69, 9.17) is 5.73 Å². The van der Waals surface area contributed by atoms with Crippen molar-refractivity contribution in [1.29, 1.82) is 0 Å². The van der Waals surface area contributed by atoms with Crippen molar-refractivity contribution in [3.05, 3.63) is 59.4 Å². The van der Waals surface area contributed by atoms with E-state index in [1.54, 1.807) is 30.3 Å². The molecule has 0 saturated carbocycles. The molecule has 0 fully saturated rings. The topological polar surface area (TPSA) is 59.2 Å². The second kappa shape index (κ2) is 5.52. The van der Waals surface area contributed by atoms with E-state index in [1.807, 2.05) is 31.2 Å². The second-order valence-electron chi connectivity index (χ2n) is 4.50. The Morgan fingerprint density at radius 2 is 2.00 bits per heavy atom. The predicted octanol–water partition coefficient (Wildman–Crippen LogP) is 2.24. The summed E-state index contributed by atoms with van der Waals surface area (Å²) in [7, 11) is 1.77. The molecule has 4 nitrogen and oxygen atoms in total. The molecule has 0 saturated heterocycles. The largest absolute Gasteiger partial charge is 0.398 e. The molecule has 1 aromatic carbocycles. The number of pyridine rings is 1. The molecule has 1 heterocycles. The summed E-state index contributed by atoms with van der Waals surface area (Å²) < 4.78 is 0. The van der Waals surface area contributed by atoms with Gasteiger partial charge in [-0.1, -0.05) is 18.2 Å². The van der Waals surface area contributed by atoms with Crippen LogP contribution < -0.4 is 5.73 Å². The highest BCUT2D eigenvalue weighted by molar-refractivity contribution is 5.95. The van der Waals surface area contributed by atoms with Gasteiger partial charge in [-0.3, -0.25) is 9.78 Å². The Morgan fingerprint density at radius 1 is 1.26 bits per heavy atom. The highest BCUT2D eigenvalue weighted by Gasteiger charge is 2.15. The molecule has 4 heteroatoms. The van der Waals surface area contributed by atoms with Crippen LogP contribution >= 0.6 is 0 Å². The zero-order chi connectivity index (χ0) is 13.8. The number of benzene rings is 1. The average Bonchev–Trinajstić information content (AvgIpc) is 2.41. The zero-order valence-electron chi connectivity index (χ0n) is 11.1. The third-order valence-corrected chi connectivity index (χ3v) is 3.05. The van der Waals surface area contributed by atoms with Gasteiger partial charge in [-0.15, -0.1) is 0 Å². The molecular formula is C15H17N3O. The molecule has 0 unspecified atom stereocenters. The minimum Gasteiger partial charge on any atom is -0.398 e. The number of aromatic nitrogens is 1. The number of anilines is 1. The van der Waals surface area contributed by atoms with Gasteiger partial charge in [-0.05, 0) is 30.7 Å². The summed E-state index contributed by atoms with van der Waals surface area (Å²) in [5, 5.41) is 0. The van der Waals surface area contributed by atoms with Crippen LogP contribution in [0, 0.1) is 6.92 Å². The van der Waals surface area contributed by atoms with Crippen molar-refractivity contribution in [1.82, 2.24) is 9.88 Å². The number of aryl methyl sites for hydroxylation is 1. The van der Waals surface area contributed by atoms with Gasteiger partial charge in [0.15, 0.2) is 0 Å². The summed E-state index contributed by atoms with van der Waals surface area (Å²) in [6.07, 6.45) is 1.68. The number of amides is 1. The molecule has 0 spiro atoms. The van der Waals surface area contributed by atoms with Gasteiger partial charge in [0.05, 0.1) is 5.56 Å². The zero-order valence-corrected chi connectivity index (χ0v) is 11.1. The van der Waals surface area contributed by atoms with E-state index in [0.29, 0.717) is 17.8 Å². The van der Waals surface area contributed by atoms with E-state index in [0.717, 1.165) is 11.3 Å². The number of hydrogen-bond acceptors (Lipinski definition) is 3. The minimum atomic E-state index is -0.0474. The number of carbonyl (C=O) groups is 1. The van der Waals surface area contributed by atoms with Gasteiger partial charge >= 0.3 is 0 Å². The molecule has 2 aromatic rings. The first-order valence-electron chi connectivity index (χ1n) is 6.10. The average molecular weight is 255 g/mol. The second-order valence-corrected chi connectivity index (χ2v) is 4.50. The van der Waals surface area contributed by atoms with E-state index in [-0.39, 0.29) is 5.91 Å². The van der Waals surface area contributed by atoms with Crippen molar-refractivity contribution >= 4 is 11.6 Å². The van der Waals surface area contributed by atoms with Gasteiger partial charge < -0.3 is 10.6 Å². The van der Waals surface area contributed by atoms with Crippen LogP contribution in [0.2, 0.25) is 0 Å². The number of hydrogen-bond donors (Lipinski definition) is 1. The van der Waals surface area contributed by atoms with Crippen molar-refractivity contribution < 1.29 is 4.79 Å². The van der Waals surface area contributed by atoms with Gasteiger partial charge in [-0.2, -0.15) is 0 Å². The molecule has 1 amide bonds. The van der Waals surface area contributed by atoms with Crippen molar-refractivity contribution in [2.24, 2.45) is 0 Å². The Hall–Kier alpha value is -2.36. The van der Waals surface area contributed by atoms with Crippen LogP contribution in [0.5, 0.6) is 0 Å². The maximum absolute atomic E-state index is 12.3. The van der Waals surface area contributed by atoms with Crippen LogP contribution in [-0.4, -0.2) is 22.8 Å². The number of para-hydroxylation sites is 1. The fraction of sp³-hybridized carbons (Fsp3) is 0.200. The van der Waals surface area contributed by atoms with Gasteiger partial charge in [-0.25, -0.2) is 0 Å². The fourth-order valence-corrected chi connectivity index (χ4v) is 1.92. The van der Waals surface area contributed by atoms with Crippen LogP contribution in [0.15, 0.2) is 42.6 Å². The lowest BCUT2D eigenvalue weighted by Gasteiger charge is -2.19. The molecule has 2 N–H and O–H groups in total. The number of rotatable bonds is 3. The van der Waals surface area contributed by atoms with Crippen LogP contribution in [0.4, 0.5) is 5.69 Å². The Labute approximate surface area is 112 Å². The van der Waals surface area contributed by atoms with Crippen LogP contribution in [-0.2, 0) is 6.54 Å². The van der Waals surface area contributed by atoms with Crippen LogP contribution in [0.3, 0.4) is 0 Å². The number of nitrogen functional groups attached to an aromatic ring is 1. The van der Waals surface area contributed by atoms with Gasteiger partial charge in [0.1, 0.15) is 0 Å². The molecule has 0 aliphatic rings. The maximum atomic E-state index is 12.3. The summed E-state index contributed by atoms with van der Waals surface area (Å²) in [4.78, 5) is 18.1. The molecule has 0 atom stereocenters. The monoisotopic (exact) mass is 255 g/mol. The molecule has 0 bridgehead atoms. The molecule has 1 aromatic heterocycles. The normalized spacial score (nSPS) is 10.2. The molecule has 2 rings (SSSR count). The third kappa shape index (κ3) is 2.91. The first-order valence-corrected chi connectivity index (χ1v) is 6.10. The van der Waals surface area contributed by atoms with E-state index in [1.165, 1.54) is 0 Å². The summed E-state index contributed by atoms with van der Waals surface area (Å²) in [6.45, 7) is 2.32. The van der Waals surface area contributed by atoms with Crippen LogP contribution in [0.25, 0.3) is 0 Å². The molecule has 0 aliphatic carbocycles. The predicted molar refractivity (Wildman–Crippen MR) is 75.6 cm³/mol. The fourth-order valence-electron chi connectivity index (χ4n) is 1.92. The smallest absolute Gasteiger partial charge is 0.255 e. The summed E-state index contributed by atoms with van der Waals surface area (Å²) in [5.41, 5.74) is 8.89. The summed E-state index contributed by atoms with van der Waals surface area (Å²) in [6, 6.07) is 11.1. The summed E-state index contributed by atoms with van der Waals surface area (Å²) in [5.74, 6) is -0.0474. The highest BCUT2D eigenvalue weighted by atomic mass is 16.2. The number of nitrogens with two attached hydrogens (primary N) is 1. The van der Waals surface area contributed by atoms with Crippen molar-refractivity contribution in [3.8, 4) is 0 Å². The lowest BCUT2D eigenvalue weighted by Crippen LogP contribution is -2.27. The first kappa shape index (κ1) is 13.1. The van der Waals surface area contributed by atoms with Crippen molar-refractivity contribution in [3.63, 3.8) is 0 Å². The molecule has 19 heavy (non-hydrogen) atoms. The van der Waals surface area contributed by atoms with E-state index in [2.05, 4.69) is 4.98 Å². The van der Waals surface area contributed by atoms with E-state index in [9.17, 15) is 4.79 Å². The van der Waals surface area contributed by atoms with Gasteiger partial charge in [0.2, 0.25) is 0 Å². The SMILES string of the molecule is Cc1ncccc1C(=O)N(C)Cc1ccccc1N. The van der Waals surface area contributed by atoms with Gasteiger partial charge in [0.25, 0.3) is 5.91 Å². The Bertz CT molecular complexity index is 595. The number of nitrogens with zero attached hydrogens (tertiary/aromatic N) is 2. The van der Waals surface area contributed by atoms with Crippen molar-refractivity contribution in [2.75, 3.05) is 12.8 Å². The van der Waals surface area contributed by atoms with E-state index < -0.39 is 0 Å². The Balaban J connectivity index is 2.17. The highest BCUT2D eigenvalue weighted by Crippen LogP contribution is 2.15.